The number of allylic oxidation sites excluding steroid dienone is 5. The molecular weight excluding hydrogens is 647 g/mol. The van der Waals surface area contributed by atoms with Gasteiger partial charge in [0.1, 0.15) is 6.61 Å². The minimum atomic E-state index is -4.81. The van der Waals surface area contributed by atoms with Crippen LogP contribution in [0.2, 0.25) is 0 Å². The molecule has 0 amide bonds. The van der Waals surface area contributed by atoms with Crippen LogP contribution in [0.1, 0.15) is 162 Å². The Morgan fingerprint density at radius 3 is 1.71 bits per heavy atom. The van der Waals surface area contributed by atoms with Gasteiger partial charge >= 0.3 is 19.8 Å². The molecule has 4 N–H and O–H groups in total. The maximum Gasteiger partial charge on any atom is 0.469 e. The van der Waals surface area contributed by atoms with Crippen molar-refractivity contribution in [1.82, 2.24) is 0 Å². The van der Waals surface area contributed by atoms with Crippen LogP contribution in [-0.4, -0.2) is 63.5 Å². The minimum Gasteiger partial charge on any atom is -0.462 e. The van der Waals surface area contributed by atoms with Gasteiger partial charge in [-0.25, -0.2) is 4.57 Å². The maximum atomic E-state index is 12.3. The van der Waals surface area contributed by atoms with E-state index in [1.165, 1.54) is 70.6 Å². The number of phosphoric ester groups is 1. The largest absolute Gasteiger partial charge is 0.469 e. The van der Waals surface area contributed by atoms with E-state index in [-0.39, 0.29) is 25.7 Å². The van der Waals surface area contributed by atoms with E-state index in [2.05, 4.69) is 42.7 Å². The van der Waals surface area contributed by atoms with Crippen molar-refractivity contribution >= 4 is 19.8 Å². The molecule has 286 valence electrons. The maximum absolute atomic E-state index is 12.3. The molecule has 11 heteroatoms. The first-order valence-corrected chi connectivity index (χ1v) is 20.5. The topological polar surface area (TPSA) is 160 Å². The highest BCUT2D eigenvalue weighted by Crippen LogP contribution is 2.36. The van der Waals surface area contributed by atoms with Crippen LogP contribution >= 0.6 is 7.82 Å². The van der Waals surface area contributed by atoms with E-state index in [1.807, 2.05) is 12.2 Å². The lowest BCUT2D eigenvalue weighted by Crippen LogP contribution is -2.29. The summed E-state index contributed by atoms with van der Waals surface area (Å²) in [6.07, 6.45) is 30.4. The molecule has 10 nitrogen and oxygen atoms in total. The standard InChI is InChI=1S/C38H69O10P/c1-3-5-7-9-11-13-15-17-19-21-23-25-28-35(39)36(40)29-27-31-37(41)46-32-34(33-47-49(43,44)45)48-38(42)30-26-24-22-20-18-16-14-12-10-8-6-4-2/h11,13,17,19,23,25,34-36,39-40H,3-10,12,14-16,18,20-22,24,26-33H2,1-2H3,(H2,43,44,45)/b13-11-,19-17-,25-23-/t34-,35?,36?/m1/s1. The summed E-state index contributed by atoms with van der Waals surface area (Å²) in [4.78, 5) is 42.7. The van der Waals surface area contributed by atoms with Crippen molar-refractivity contribution in [2.24, 2.45) is 0 Å². The Hall–Kier alpha value is -1.81. The fraction of sp³-hybridized carbons (Fsp3) is 0.789. The molecule has 0 heterocycles. The first-order chi connectivity index (χ1) is 23.6. The molecule has 0 saturated carbocycles. The zero-order valence-corrected chi connectivity index (χ0v) is 31.5. The molecule has 0 fully saturated rings. The molecule has 0 aliphatic carbocycles. The van der Waals surface area contributed by atoms with E-state index in [1.54, 1.807) is 0 Å². The van der Waals surface area contributed by atoms with Gasteiger partial charge in [0.15, 0.2) is 6.10 Å². The quantitative estimate of drug-likeness (QED) is 0.0219. The second-order valence-corrected chi connectivity index (χ2v) is 14.1. The highest BCUT2D eigenvalue weighted by molar-refractivity contribution is 7.46. The SMILES string of the molecule is CCCCC/C=C\C/C=C\C/C=C\CC(O)C(O)CCCC(=O)OC[C@H](COP(=O)(O)O)OC(=O)CCCCCCCCCCCCCC. The lowest BCUT2D eigenvalue weighted by Gasteiger charge is -2.19. The van der Waals surface area contributed by atoms with Crippen LogP contribution in [-0.2, 0) is 28.2 Å². The van der Waals surface area contributed by atoms with Crippen LogP contribution in [0.4, 0.5) is 0 Å². The highest BCUT2D eigenvalue weighted by Gasteiger charge is 2.23. The first kappa shape index (κ1) is 47.2. The van der Waals surface area contributed by atoms with Gasteiger partial charge in [-0.2, -0.15) is 0 Å². The third kappa shape index (κ3) is 34.4. The first-order valence-electron chi connectivity index (χ1n) is 18.9. The van der Waals surface area contributed by atoms with Gasteiger partial charge < -0.3 is 29.5 Å². The van der Waals surface area contributed by atoms with E-state index < -0.39 is 51.3 Å². The third-order valence-electron chi connectivity index (χ3n) is 8.11. The van der Waals surface area contributed by atoms with E-state index in [4.69, 9.17) is 19.3 Å². The monoisotopic (exact) mass is 716 g/mol. The number of aliphatic hydroxyl groups is 2. The predicted molar refractivity (Wildman–Crippen MR) is 196 cm³/mol. The summed E-state index contributed by atoms with van der Waals surface area (Å²) in [5, 5.41) is 20.5. The summed E-state index contributed by atoms with van der Waals surface area (Å²) in [6, 6.07) is 0. The average Bonchev–Trinajstić information content (AvgIpc) is 3.06. The van der Waals surface area contributed by atoms with Gasteiger partial charge in [0.05, 0.1) is 18.8 Å². The number of hydrogen-bond acceptors (Lipinski definition) is 8. The van der Waals surface area contributed by atoms with Crippen molar-refractivity contribution in [2.45, 2.75) is 180 Å². The van der Waals surface area contributed by atoms with Gasteiger partial charge in [-0.1, -0.05) is 134 Å². The fourth-order valence-electron chi connectivity index (χ4n) is 5.12. The molecule has 0 aromatic heterocycles. The molecule has 0 aromatic rings. The van der Waals surface area contributed by atoms with Gasteiger partial charge in [0.25, 0.3) is 0 Å². The van der Waals surface area contributed by atoms with Crippen LogP contribution in [0.3, 0.4) is 0 Å². The Balaban J connectivity index is 4.23. The number of carbonyl (C=O) groups is 2. The summed E-state index contributed by atoms with van der Waals surface area (Å²) in [6.45, 7) is 3.38. The molecule has 0 aliphatic heterocycles. The van der Waals surface area contributed by atoms with Crippen LogP contribution < -0.4 is 0 Å². The second-order valence-electron chi connectivity index (χ2n) is 12.9. The lowest BCUT2D eigenvalue weighted by molar-refractivity contribution is -0.161. The molecular formula is C38H69O10P. The Kier molecular flexibility index (Phi) is 32.1. The second kappa shape index (κ2) is 33.3. The van der Waals surface area contributed by atoms with E-state index in [0.29, 0.717) is 12.8 Å². The Morgan fingerprint density at radius 2 is 1.12 bits per heavy atom. The van der Waals surface area contributed by atoms with Crippen molar-refractivity contribution in [1.29, 1.82) is 0 Å². The summed E-state index contributed by atoms with van der Waals surface area (Å²) in [5.41, 5.74) is 0. The molecule has 0 aromatic carbocycles. The van der Waals surface area contributed by atoms with Crippen molar-refractivity contribution in [3.8, 4) is 0 Å². The highest BCUT2D eigenvalue weighted by atomic mass is 31.2. The Labute approximate surface area is 297 Å². The Bertz CT molecular complexity index is 929. The molecule has 0 bridgehead atoms. The van der Waals surface area contributed by atoms with E-state index >= 15 is 0 Å². The molecule has 0 spiro atoms. The van der Waals surface area contributed by atoms with Gasteiger partial charge in [-0.15, -0.1) is 0 Å². The van der Waals surface area contributed by atoms with Crippen LogP contribution in [0.5, 0.6) is 0 Å². The average molecular weight is 717 g/mol. The predicted octanol–water partition coefficient (Wildman–Crippen LogP) is 8.95. The van der Waals surface area contributed by atoms with Crippen molar-refractivity contribution in [3.05, 3.63) is 36.5 Å². The summed E-state index contributed by atoms with van der Waals surface area (Å²) < 4.78 is 26.1. The fourth-order valence-corrected chi connectivity index (χ4v) is 5.48. The minimum absolute atomic E-state index is 0.0453. The number of carbonyl (C=O) groups excluding carboxylic acids is 2. The van der Waals surface area contributed by atoms with Crippen molar-refractivity contribution in [2.75, 3.05) is 13.2 Å². The number of rotatable bonds is 34. The van der Waals surface area contributed by atoms with Gasteiger partial charge in [0.2, 0.25) is 0 Å². The number of phosphoric acid groups is 1. The molecule has 49 heavy (non-hydrogen) atoms. The molecule has 0 saturated heterocycles. The van der Waals surface area contributed by atoms with E-state index in [0.717, 1.165) is 38.5 Å². The molecule has 2 unspecified atom stereocenters. The number of ether oxygens (including phenoxy) is 2. The number of unbranched alkanes of at least 4 members (excludes halogenated alkanes) is 14. The zero-order chi connectivity index (χ0) is 36.4. The molecule has 0 rings (SSSR count). The summed E-state index contributed by atoms with van der Waals surface area (Å²) >= 11 is 0. The van der Waals surface area contributed by atoms with Gasteiger partial charge in [-0.3, -0.25) is 14.1 Å². The number of hydrogen-bond donors (Lipinski definition) is 4. The van der Waals surface area contributed by atoms with Crippen LogP contribution in [0, 0.1) is 0 Å². The summed E-state index contributed by atoms with van der Waals surface area (Å²) in [7, 11) is -4.81. The smallest absolute Gasteiger partial charge is 0.462 e. The zero-order valence-electron chi connectivity index (χ0n) is 30.6. The van der Waals surface area contributed by atoms with E-state index in [9.17, 15) is 24.4 Å². The van der Waals surface area contributed by atoms with Gasteiger partial charge in [0, 0.05) is 12.8 Å². The number of aliphatic hydroxyl groups excluding tert-OH is 2. The van der Waals surface area contributed by atoms with Crippen LogP contribution in [0.15, 0.2) is 36.5 Å². The van der Waals surface area contributed by atoms with Crippen molar-refractivity contribution in [3.63, 3.8) is 0 Å². The number of esters is 2. The molecule has 0 radical (unpaired) electrons. The summed E-state index contributed by atoms with van der Waals surface area (Å²) in [5.74, 6) is -1.17. The normalized spacial score (nSPS) is 14.2. The third-order valence-corrected chi connectivity index (χ3v) is 8.60. The van der Waals surface area contributed by atoms with Gasteiger partial charge in [-0.05, 0) is 51.4 Å². The Morgan fingerprint density at radius 1 is 0.612 bits per heavy atom. The van der Waals surface area contributed by atoms with Crippen LogP contribution in [0.25, 0.3) is 0 Å². The molecule has 0 aliphatic rings. The lowest BCUT2D eigenvalue weighted by atomic mass is 10.0. The van der Waals surface area contributed by atoms with Crippen molar-refractivity contribution < 1.29 is 48.2 Å². The molecule has 3 atom stereocenters.